The molecule has 152 valence electrons. The van der Waals surface area contributed by atoms with Gasteiger partial charge in [0.2, 0.25) is 5.91 Å². The lowest BCUT2D eigenvalue weighted by atomic mass is 9.88. The van der Waals surface area contributed by atoms with Gasteiger partial charge in [0, 0.05) is 43.0 Å². The summed E-state index contributed by atoms with van der Waals surface area (Å²) in [7, 11) is 1.99. The minimum atomic E-state index is -0.290. The normalized spacial score (nSPS) is 12.1. The van der Waals surface area contributed by atoms with Crippen LogP contribution in [0.3, 0.4) is 0 Å². The zero-order valence-corrected chi connectivity index (χ0v) is 17.0. The van der Waals surface area contributed by atoms with Crippen molar-refractivity contribution in [2.45, 2.75) is 18.8 Å². The number of benzene rings is 3. The zero-order chi connectivity index (χ0) is 20.9. The van der Waals surface area contributed by atoms with E-state index in [0.717, 1.165) is 28.5 Å². The molecule has 4 aromatic rings. The summed E-state index contributed by atoms with van der Waals surface area (Å²) in [4.78, 5) is 12.8. The molecule has 0 saturated carbocycles. The first-order valence-corrected chi connectivity index (χ1v) is 10.2. The van der Waals surface area contributed by atoms with Crippen LogP contribution in [-0.4, -0.2) is 17.0 Å². The summed E-state index contributed by atoms with van der Waals surface area (Å²) in [5, 5.41) is 4.12. The third kappa shape index (κ3) is 4.43. The molecule has 0 aliphatic heterocycles. The Balaban J connectivity index is 1.57. The van der Waals surface area contributed by atoms with Gasteiger partial charge in [-0.2, -0.15) is 0 Å². The van der Waals surface area contributed by atoms with Gasteiger partial charge in [-0.25, -0.2) is 4.39 Å². The molecule has 0 spiro atoms. The zero-order valence-electron chi connectivity index (χ0n) is 17.0. The Labute approximate surface area is 176 Å². The Morgan fingerprint density at radius 1 is 1.00 bits per heavy atom. The molecule has 1 N–H and O–H groups in total. The van der Waals surface area contributed by atoms with E-state index in [0.29, 0.717) is 6.54 Å². The van der Waals surface area contributed by atoms with Crippen LogP contribution in [0.25, 0.3) is 10.9 Å². The number of aromatic nitrogens is 1. The molecule has 0 saturated heterocycles. The molecule has 3 nitrogen and oxygen atoms in total. The average molecular weight is 400 g/mol. The van der Waals surface area contributed by atoms with Crippen LogP contribution in [0, 0.1) is 5.82 Å². The number of nitrogens with zero attached hydrogens (tertiary/aromatic N) is 1. The van der Waals surface area contributed by atoms with Crippen LogP contribution in [0.1, 0.15) is 29.0 Å². The van der Waals surface area contributed by atoms with Crippen LogP contribution < -0.4 is 5.32 Å². The average Bonchev–Trinajstić information content (AvgIpc) is 3.09. The number of fused-ring (bicyclic) bond motifs is 1. The lowest BCUT2D eigenvalue weighted by Gasteiger charge is -2.17. The predicted molar refractivity (Wildman–Crippen MR) is 119 cm³/mol. The molecule has 1 aromatic heterocycles. The SMILES string of the molecule is Cn1cc(C(CC(=O)NCCc2ccccc2)c2cccc(F)c2)c2ccccc21. The van der Waals surface area contributed by atoms with Crippen LogP contribution in [0.2, 0.25) is 0 Å². The summed E-state index contributed by atoms with van der Waals surface area (Å²) in [6.45, 7) is 0.578. The highest BCUT2D eigenvalue weighted by Gasteiger charge is 2.22. The van der Waals surface area contributed by atoms with Crippen LogP contribution in [0.15, 0.2) is 85.1 Å². The summed E-state index contributed by atoms with van der Waals surface area (Å²) < 4.78 is 16.0. The molecule has 4 heteroatoms. The third-order valence-corrected chi connectivity index (χ3v) is 5.52. The van der Waals surface area contributed by atoms with Crippen molar-refractivity contribution in [2.75, 3.05) is 6.54 Å². The Hall–Kier alpha value is -3.40. The molecule has 0 aliphatic carbocycles. The molecule has 1 unspecified atom stereocenters. The van der Waals surface area contributed by atoms with Crippen molar-refractivity contribution in [1.82, 2.24) is 9.88 Å². The largest absolute Gasteiger partial charge is 0.356 e. The second kappa shape index (κ2) is 8.95. The second-order valence-corrected chi connectivity index (χ2v) is 7.61. The van der Waals surface area contributed by atoms with Crippen molar-refractivity contribution in [2.24, 2.45) is 7.05 Å². The van der Waals surface area contributed by atoms with E-state index in [1.807, 2.05) is 43.4 Å². The molecule has 1 amide bonds. The maximum atomic E-state index is 14.0. The molecule has 0 aliphatic rings. The van der Waals surface area contributed by atoms with E-state index in [-0.39, 0.29) is 24.1 Å². The Kier molecular flexibility index (Phi) is 5.94. The van der Waals surface area contributed by atoms with Crippen molar-refractivity contribution in [3.05, 3.63) is 108 Å². The number of rotatable bonds is 7. The van der Waals surface area contributed by atoms with Crippen molar-refractivity contribution < 1.29 is 9.18 Å². The monoisotopic (exact) mass is 400 g/mol. The van der Waals surface area contributed by atoms with Gasteiger partial charge < -0.3 is 9.88 Å². The maximum absolute atomic E-state index is 14.0. The first-order chi connectivity index (χ1) is 14.6. The fraction of sp³-hybridized carbons (Fsp3) is 0.192. The third-order valence-electron chi connectivity index (χ3n) is 5.52. The lowest BCUT2D eigenvalue weighted by molar-refractivity contribution is -0.121. The first-order valence-electron chi connectivity index (χ1n) is 10.2. The number of nitrogens with one attached hydrogen (secondary N) is 1. The van der Waals surface area contributed by atoms with Gasteiger partial charge in [0.25, 0.3) is 0 Å². The van der Waals surface area contributed by atoms with Crippen LogP contribution in [0.4, 0.5) is 4.39 Å². The van der Waals surface area contributed by atoms with E-state index in [1.165, 1.54) is 17.7 Å². The number of halogens is 1. The number of aryl methyl sites for hydroxylation is 1. The summed E-state index contributed by atoms with van der Waals surface area (Å²) in [6, 6.07) is 24.8. The number of para-hydroxylation sites is 1. The lowest BCUT2D eigenvalue weighted by Crippen LogP contribution is -2.27. The van der Waals surface area contributed by atoms with Gasteiger partial charge in [0.15, 0.2) is 0 Å². The fourth-order valence-corrected chi connectivity index (χ4v) is 4.03. The summed E-state index contributed by atoms with van der Waals surface area (Å²) >= 11 is 0. The molecule has 30 heavy (non-hydrogen) atoms. The minimum absolute atomic E-state index is 0.0341. The van der Waals surface area contributed by atoms with Gasteiger partial charge in [-0.05, 0) is 41.3 Å². The van der Waals surface area contributed by atoms with Gasteiger partial charge in [-0.3, -0.25) is 4.79 Å². The molecule has 0 radical (unpaired) electrons. The topological polar surface area (TPSA) is 34.0 Å². The Morgan fingerprint density at radius 2 is 1.77 bits per heavy atom. The van der Waals surface area contributed by atoms with E-state index in [9.17, 15) is 9.18 Å². The summed E-state index contributed by atoms with van der Waals surface area (Å²) in [6.07, 6.45) is 3.11. The van der Waals surface area contributed by atoms with E-state index in [2.05, 4.69) is 40.3 Å². The highest BCUT2D eigenvalue weighted by Crippen LogP contribution is 2.34. The maximum Gasteiger partial charge on any atom is 0.220 e. The smallest absolute Gasteiger partial charge is 0.220 e. The molecule has 0 bridgehead atoms. The molecule has 3 aromatic carbocycles. The second-order valence-electron chi connectivity index (χ2n) is 7.61. The number of carbonyl (C=O) groups is 1. The Bertz CT molecular complexity index is 1150. The summed E-state index contributed by atoms with van der Waals surface area (Å²) in [5.41, 5.74) is 4.13. The van der Waals surface area contributed by atoms with Gasteiger partial charge in [-0.15, -0.1) is 0 Å². The van der Waals surface area contributed by atoms with E-state index in [1.54, 1.807) is 6.07 Å². The molecule has 1 atom stereocenters. The first kappa shape index (κ1) is 19.9. The highest BCUT2D eigenvalue weighted by molar-refractivity contribution is 5.86. The van der Waals surface area contributed by atoms with Crippen molar-refractivity contribution in [3.8, 4) is 0 Å². The minimum Gasteiger partial charge on any atom is -0.356 e. The van der Waals surface area contributed by atoms with Crippen LogP contribution in [0.5, 0.6) is 0 Å². The van der Waals surface area contributed by atoms with E-state index < -0.39 is 0 Å². The highest BCUT2D eigenvalue weighted by atomic mass is 19.1. The van der Waals surface area contributed by atoms with Gasteiger partial charge in [0.05, 0.1) is 0 Å². The molecular weight excluding hydrogens is 375 g/mol. The number of hydrogen-bond donors (Lipinski definition) is 1. The molecular formula is C26H25FN2O. The molecule has 1 heterocycles. The quantitative estimate of drug-likeness (QED) is 0.455. The van der Waals surface area contributed by atoms with Gasteiger partial charge in [0.1, 0.15) is 5.82 Å². The fourth-order valence-electron chi connectivity index (χ4n) is 4.03. The van der Waals surface area contributed by atoms with Crippen molar-refractivity contribution >= 4 is 16.8 Å². The number of carbonyl (C=O) groups excluding carboxylic acids is 1. The summed E-state index contributed by atoms with van der Waals surface area (Å²) in [5.74, 6) is -0.543. The predicted octanol–water partition coefficient (Wildman–Crippen LogP) is 5.20. The van der Waals surface area contributed by atoms with Gasteiger partial charge >= 0.3 is 0 Å². The number of hydrogen-bond acceptors (Lipinski definition) is 1. The van der Waals surface area contributed by atoms with E-state index >= 15 is 0 Å². The Morgan fingerprint density at radius 3 is 2.57 bits per heavy atom. The van der Waals surface area contributed by atoms with Crippen molar-refractivity contribution in [3.63, 3.8) is 0 Å². The molecule has 0 fully saturated rings. The molecule has 4 rings (SSSR count). The van der Waals surface area contributed by atoms with Gasteiger partial charge in [-0.1, -0.05) is 60.7 Å². The van der Waals surface area contributed by atoms with Crippen molar-refractivity contribution in [1.29, 1.82) is 0 Å². The number of amides is 1. The van der Waals surface area contributed by atoms with E-state index in [4.69, 9.17) is 0 Å². The van der Waals surface area contributed by atoms with Crippen LogP contribution in [-0.2, 0) is 18.3 Å². The van der Waals surface area contributed by atoms with Crippen LogP contribution >= 0.6 is 0 Å². The standard InChI is InChI=1S/C26H25FN2O/c1-29-18-24(22-12-5-6-13-25(22)29)23(20-10-7-11-21(27)16-20)17-26(30)28-15-14-19-8-3-2-4-9-19/h2-13,16,18,23H,14-15,17H2,1H3,(H,28,30).